The summed E-state index contributed by atoms with van der Waals surface area (Å²) in [7, 11) is 0.125. The summed E-state index contributed by atoms with van der Waals surface area (Å²) in [5.41, 5.74) is 2.39. The zero-order valence-corrected chi connectivity index (χ0v) is 18.8. The van der Waals surface area contributed by atoms with Crippen LogP contribution in [-0.2, 0) is 16.4 Å². The Morgan fingerprint density at radius 2 is 1.93 bits per heavy atom. The van der Waals surface area contributed by atoms with Crippen LogP contribution in [0.3, 0.4) is 0 Å². The van der Waals surface area contributed by atoms with E-state index in [0.717, 1.165) is 50.3 Å². The monoisotopic (exact) mass is 442 g/mol. The second-order valence-corrected chi connectivity index (χ2v) is 10.7. The fraction of sp³-hybridized carbons (Fsp3) is 0.714. The SMILES string of the molecule is COc1ccc(OC)c2c1CCN1C[C@H]3CCCN(S(=O)(=O)CCCCl)[C@H]3C[C@@H]21. The zero-order valence-electron chi connectivity index (χ0n) is 17.3. The number of hydrogen-bond donors (Lipinski definition) is 0. The maximum atomic E-state index is 13.0. The van der Waals surface area contributed by atoms with E-state index in [1.165, 1.54) is 11.1 Å². The number of rotatable bonds is 6. The predicted octanol–water partition coefficient (Wildman–Crippen LogP) is 3.05. The molecule has 1 aromatic carbocycles. The Balaban J connectivity index is 1.68. The van der Waals surface area contributed by atoms with E-state index in [4.69, 9.17) is 21.1 Å². The Bertz CT molecular complexity index is 847. The van der Waals surface area contributed by atoms with Gasteiger partial charge >= 0.3 is 0 Å². The third-order valence-electron chi connectivity index (χ3n) is 6.83. The Morgan fingerprint density at radius 1 is 1.17 bits per heavy atom. The number of benzene rings is 1. The second kappa shape index (κ2) is 8.61. The van der Waals surface area contributed by atoms with Crippen LogP contribution < -0.4 is 9.47 Å². The lowest BCUT2D eigenvalue weighted by Crippen LogP contribution is -2.57. The number of hydrogen-bond acceptors (Lipinski definition) is 5. The summed E-state index contributed by atoms with van der Waals surface area (Å²) in [6.45, 7) is 2.54. The highest BCUT2D eigenvalue weighted by Crippen LogP contribution is 2.48. The first-order valence-corrected chi connectivity index (χ1v) is 12.7. The highest BCUT2D eigenvalue weighted by Gasteiger charge is 2.46. The summed E-state index contributed by atoms with van der Waals surface area (Å²) >= 11 is 5.78. The molecule has 3 aliphatic heterocycles. The number of sulfonamides is 1. The summed E-state index contributed by atoms with van der Waals surface area (Å²) in [6.07, 6.45) is 4.27. The molecule has 2 fully saturated rings. The van der Waals surface area contributed by atoms with Gasteiger partial charge in [0, 0.05) is 48.7 Å². The van der Waals surface area contributed by atoms with E-state index in [9.17, 15) is 8.42 Å². The molecule has 1 aromatic rings. The fourth-order valence-electron chi connectivity index (χ4n) is 5.55. The van der Waals surface area contributed by atoms with Gasteiger partial charge in [-0.1, -0.05) is 0 Å². The van der Waals surface area contributed by atoms with E-state index in [1.807, 2.05) is 12.1 Å². The molecular weight excluding hydrogens is 412 g/mol. The van der Waals surface area contributed by atoms with Crippen molar-refractivity contribution in [2.24, 2.45) is 5.92 Å². The summed E-state index contributed by atoms with van der Waals surface area (Å²) in [5, 5.41) is 0. The Kier molecular flexibility index (Phi) is 6.30. The normalized spacial score (nSPS) is 27.6. The van der Waals surface area contributed by atoms with Crippen molar-refractivity contribution in [3.63, 3.8) is 0 Å². The Labute approximate surface area is 179 Å². The largest absolute Gasteiger partial charge is 0.496 e. The Morgan fingerprint density at radius 3 is 2.66 bits per heavy atom. The van der Waals surface area contributed by atoms with E-state index in [-0.39, 0.29) is 17.8 Å². The molecule has 0 radical (unpaired) electrons. The smallest absolute Gasteiger partial charge is 0.214 e. The summed E-state index contributed by atoms with van der Waals surface area (Å²) in [6, 6.07) is 4.16. The number of nitrogens with zero attached hydrogens (tertiary/aromatic N) is 2. The molecule has 2 saturated heterocycles. The zero-order chi connectivity index (χ0) is 20.6. The third-order valence-corrected chi connectivity index (χ3v) is 9.07. The lowest BCUT2D eigenvalue weighted by molar-refractivity contribution is 0.0207. The fourth-order valence-corrected chi connectivity index (χ4v) is 7.66. The molecule has 0 N–H and O–H groups in total. The van der Waals surface area contributed by atoms with Crippen molar-refractivity contribution in [3.05, 3.63) is 23.3 Å². The number of ether oxygens (including phenoxy) is 2. The number of halogens is 1. The maximum Gasteiger partial charge on any atom is 0.214 e. The van der Waals surface area contributed by atoms with E-state index in [1.54, 1.807) is 18.5 Å². The van der Waals surface area contributed by atoms with Crippen LogP contribution in [0, 0.1) is 5.92 Å². The topological polar surface area (TPSA) is 59.1 Å². The van der Waals surface area contributed by atoms with Gasteiger partial charge in [-0.05, 0) is 50.2 Å². The van der Waals surface area contributed by atoms with Crippen LogP contribution in [0.2, 0.25) is 0 Å². The van der Waals surface area contributed by atoms with Crippen LogP contribution >= 0.6 is 11.6 Å². The van der Waals surface area contributed by atoms with E-state index >= 15 is 0 Å². The second-order valence-electron chi connectivity index (χ2n) is 8.30. The average Bonchev–Trinajstić information content (AvgIpc) is 2.74. The molecule has 0 saturated carbocycles. The van der Waals surface area contributed by atoms with Gasteiger partial charge in [0.25, 0.3) is 0 Å². The molecule has 162 valence electrons. The molecule has 6 nitrogen and oxygen atoms in total. The predicted molar refractivity (Wildman–Crippen MR) is 115 cm³/mol. The van der Waals surface area contributed by atoms with Crippen molar-refractivity contribution in [3.8, 4) is 11.5 Å². The lowest BCUT2D eigenvalue weighted by Gasteiger charge is -2.52. The third kappa shape index (κ3) is 3.87. The molecule has 0 aromatic heterocycles. The minimum absolute atomic E-state index is 0.0483. The van der Waals surface area contributed by atoms with Gasteiger partial charge < -0.3 is 9.47 Å². The molecule has 29 heavy (non-hydrogen) atoms. The van der Waals surface area contributed by atoms with E-state index in [2.05, 4.69) is 4.90 Å². The van der Waals surface area contributed by atoms with Gasteiger partial charge in [0.05, 0.1) is 20.0 Å². The van der Waals surface area contributed by atoms with Crippen LogP contribution in [0.25, 0.3) is 0 Å². The molecule has 0 amide bonds. The molecular formula is C21H31ClN2O4S. The molecule has 8 heteroatoms. The van der Waals surface area contributed by atoms with Gasteiger partial charge in [-0.2, -0.15) is 4.31 Å². The maximum absolute atomic E-state index is 13.0. The molecule has 0 bridgehead atoms. The van der Waals surface area contributed by atoms with Crippen molar-refractivity contribution in [1.29, 1.82) is 0 Å². The standard InChI is InChI=1S/C21H31ClN2O4S/c1-27-19-6-7-20(28-2)21-16(19)8-11-23-14-15-5-3-10-24(17(15)13-18(21)23)29(25,26)12-4-9-22/h6-7,15,17-18H,3-5,8-14H2,1-2H3/t15-,17+,18+/m1/s1. The van der Waals surface area contributed by atoms with Gasteiger partial charge in [0.15, 0.2) is 0 Å². The minimum Gasteiger partial charge on any atom is -0.496 e. The van der Waals surface area contributed by atoms with Crippen molar-refractivity contribution in [2.75, 3.05) is 45.5 Å². The Hall–Kier alpha value is -1.02. The quantitative estimate of drug-likeness (QED) is 0.634. The molecule has 3 heterocycles. The number of fused-ring (bicyclic) bond motifs is 4. The number of piperidine rings is 2. The van der Waals surface area contributed by atoms with Crippen LogP contribution in [0.4, 0.5) is 0 Å². The van der Waals surface area contributed by atoms with Crippen LogP contribution in [-0.4, -0.2) is 69.2 Å². The van der Waals surface area contributed by atoms with Crippen LogP contribution in [0.5, 0.6) is 11.5 Å². The summed E-state index contributed by atoms with van der Waals surface area (Å²) in [4.78, 5) is 2.53. The van der Waals surface area contributed by atoms with Crippen molar-refractivity contribution in [1.82, 2.24) is 9.21 Å². The van der Waals surface area contributed by atoms with Gasteiger partial charge in [-0.25, -0.2) is 8.42 Å². The van der Waals surface area contributed by atoms with Gasteiger partial charge in [-0.15, -0.1) is 11.6 Å². The first-order valence-electron chi connectivity index (χ1n) is 10.5. The lowest BCUT2D eigenvalue weighted by atomic mass is 9.77. The highest BCUT2D eigenvalue weighted by atomic mass is 35.5. The van der Waals surface area contributed by atoms with Gasteiger partial charge in [-0.3, -0.25) is 4.90 Å². The van der Waals surface area contributed by atoms with Gasteiger partial charge in [0.1, 0.15) is 11.5 Å². The first kappa shape index (κ1) is 21.2. The average molecular weight is 443 g/mol. The summed E-state index contributed by atoms with van der Waals surface area (Å²) < 4.78 is 39.2. The number of methoxy groups -OCH3 is 2. The number of alkyl halides is 1. The van der Waals surface area contributed by atoms with E-state index < -0.39 is 10.0 Å². The van der Waals surface area contributed by atoms with Crippen LogP contribution in [0.15, 0.2) is 12.1 Å². The molecule has 0 spiro atoms. The molecule has 3 aliphatic rings. The van der Waals surface area contributed by atoms with Crippen LogP contribution in [0.1, 0.15) is 42.9 Å². The molecule has 4 rings (SSSR count). The first-order chi connectivity index (χ1) is 14.0. The molecule has 3 atom stereocenters. The van der Waals surface area contributed by atoms with Crippen molar-refractivity contribution >= 4 is 21.6 Å². The summed E-state index contributed by atoms with van der Waals surface area (Å²) in [5.74, 6) is 2.69. The van der Waals surface area contributed by atoms with Crippen molar-refractivity contribution < 1.29 is 17.9 Å². The molecule has 0 unspecified atom stereocenters. The van der Waals surface area contributed by atoms with E-state index in [0.29, 0.717) is 24.8 Å². The highest BCUT2D eigenvalue weighted by molar-refractivity contribution is 7.89. The van der Waals surface area contributed by atoms with Gasteiger partial charge in [0.2, 0.25) is 10.0 Å². The molecule has 0 aliphatic carbocycles. The van der Waals surface area contributed by atoms with Crippen molar-refractivity contribution in [2.45, 2.75) is 44.2 Å². The minimum atomic E-state index is -3.29.